The van der Waals surface area contributed by atoms with Crippen molar-refractivity contribution in [2.75, 3.05) is 6.61 Å². The van der Waals surface area contributed by atoms with Crippen molar-refractivity contribution in [1.82, 2.24) is 5.32 Å². The molecular weight excluding hydrogens is 210 g/mol. The molecule has 5 nitrogen and oxygen atoms in total. The van der Waals surface area contributed by atoms with Gasteiger partial charge in [-0.3, -0.25) is 4.79 Å². The molecule has 1 amide bonds. The maximum Gasteiger partial charge on any atom is 0.407 e. The van der Waals surface area contributed by atoms with Crippen molar-refractivity contribution in [3.8, 4) is 0 Å². The number of amides is 1. The highest BCUT2D eigenvalue weighted by Crippen LogP contribution is 2.15. The smallest absolute Gasteiger partial charge is 0.407 e. The minimum Gasteiger partial charge on any atom is -0.463 e. The summed E-state index contributed by atoms with van der Waals surface area (Å²) in [4.78, 5) is 22.5. The second-order valence-electron chi connectivity index (χ2n) is 5.11. The zero-order valence-electron chi connectivity index (χ0n) is 10.2. The minimum absolute atomic E-state index is 0.150. The molecule has 0 unspecified atom stereocenters. The van der Waals surface area contributed by atoms with Crippen molar-refractivity contribution in [3.63, 3.8) is 0 Å². The van der Waals surface area contributed by atoms with Gasteiger partial charge in [0.15, 0.2) is 0 Å². The van der Waals surface area contributed by atoms with Crippen LogP contribution in [0.3, 0.4) is 0 Å². The van der Waals surface area contributed by atoms with Gasteiger partial charge in [-0.2, -0.15) is 0 Å². The number of hydrogen-bond donors (Lipinski definition) is 1. The number of carbonyl (C=O) groups is 2. The number of rotatable bonds is 1. The van der Waals surface area contributed by atoms with E-state index < -0.39 is 11.7 Å². The highest BCUT2D eigenvalue weighted by Gasteiger charge is 2.29. The molecule has 1 rings (SSSR count). The molecule has 0 aromatic rings. The van der Waals surface area contributed by atoms with Gasteiger partial charge in [0.1, 0.15) is 12.2 Å². The summed E-state index contributed by atoms with van der Waals surface area (Å²) < 4.78 is 10.0. The summed E-state index contributed by atoms with van der Waals surface area (Å²) in [6.07, 6.45) is 0.126. The maximum absolute atomic E-state index is 11.4. The number of alkyl carbamates (subject to hydrolysis) is 1. The standard InChI is InChI=1S/C11H19NO4/c1-7-5-8(6-15-9(7)13)12-10(14)16-11(2,3)4/h7-8H,5-6H2,1-4H3,(H,12,14)/t7-,8+/m0/s1. The van der Waals surface area contributed by atoms with Gasteiger partial charge in [0.05, 0.1) is 12.0 Å². The largest absolute Gasteiger partial charge is 0.463 e. The van der Waals surface area contributed by atoms with Crippen LogP contribution in [0.4, 0.5) is 4.79 Å². The van der Waals surface area contributed by atoms with E-state index in [1.165, 1.54) is 0 Å². The highest BCUT2D eigenvalue weighted by molar-refractivity contribution is 5.73. The van der Waals surface area contributed by atoms with E-state index in [1.807, 2.05) is 0 Å². The Hall–Kier alpha value is -1.26. The topological polar surface area (TPSA) is 64.6 Å². The van der Waals surface area contributed by atoms with Gasteiger partial charge in [0.2, 0.25) is 0 Å². The molecule has 0 bridgehead atoms. The average Bonchev–Trinajstić information content (AvgIpc) is 2.08. The molecule has 92 valence electrons. The lowest BCUT2D eigenvalue weighted by Crippen LogP contribution is -2.46. The van der Waals surface area contributed by atoms with E-state index in [-0.39, 0.29) is 24.5 Å². The summed E-state index contributed by atoms with van der Waals surface area (Å²) in [5.41, 5.74) is -0.513. The first-order valence-corrected chi connectivity index (χ1v) is 5.44. The summed E-state index contributed by atoms with van der Waals surface area (Å²) in [5.74, 6) is -0.379. The number of hydrogen-bond acceptors (Lipinski definition) is 4. The molecule has 1 aliphatic rings. The Balaban J connectivity index is 2.38. The van der Waals surface area contributed by atoms with Crippen LogP contribution in [0.1, 0.15) is 34.1 Å². The third-order valence-electron chi connectivity index (χ3n) is 2.19. The second kappa shape index (κ2) is 4.72. The molecule has 1 N–H and O–H groups in total. The molecule has 0 aliphatic carbocycles. The summed E-state index contributed by atoms with van der Waals surface area (Å²) >= 11 is 0. The molecule has 16 heavy (non-hydrogen) atoms. The van der Waals surface area contributed by atoms with Crippen molar-refractivity contribution < 1.29 is 19.1 Å². The predicted octanol–water partition coefficient (Wildman–Crippen LogP) is 1.46. The summed E-state index contributed by atoms with van der Waals surface area (Å²) in [6, 6.07) is -0.150. The van der Waals surface area contributed by atoms with Crippen LogP contribution in [-0.2, 0) is 14.3 Å². The lowest BCUT2D eigenvalue weighted by molar-refractivity contribution is -0.153. The van der Waals surface area contributed by atoms with Gasteiger partial charge < -0.3 is 14.8 Å². The van der Waals surface area contributed by atoms with E-state index in [0.717, 1.165) is 0 Å². The average molecular weight is 229 g/mol. The van der Waals surface area contributed by atoms with E-state index in [0.29, 0.717) is 6.42 Å². The van der Waals surface area contributed by atoms with Crippen molar-refractivity contribution in [3.05, 3.63) is 0 Å². The number of cyclic esters (lactones) is 1. The van der Waals surface area contributed by atoms with E-state index in [4.69, 9.17) is 9.47 Å². The van der Waals surface area contributed by atoms with Gasteiger partial charge in [0, 0.05) is 0 Å². The van der Waals surface area contributed by atoms with Gasteiger partial charge in [-0.25, -0.2) is 4.79 Å². The zero-order chi connectivity index (χ0) is 12.3. The highest BCUT2D eigenvalue weighted by atomic mass is 16.6. The molecule has 1 saturated heterocycles. The van der Waals surface area contributed by atoms with E-state index >= 15 is 0 Å². The second-order valence-corrected chi connectivity index (χ2v) is 5.11. The Kier molecular flexibility index (Phi) is 3.78. The minimum atomic E-state index is -0.513. The number of carbonyl (C=O) groups excluding carboxylic acids is 2. The van der Waals surface area contributed by atoms with Crippen molar-refractivity contribution in [2.45, 2.75) is 45.8 Å². The first-order chi connectivity index (χ1) is 7.28. The van der Waals surface area contributed by atoms with Crippen LogP contribution in [0.2, 0.25) is 0 Å². The third kappa shape index (κ3) is 4.08. The van der Waals surface area contributed by atoms with E-state index in [9.17, 15) is 9.59 Å². The normalized spacial score (nSPS) is 25.9. The fourth-order valence-electron chi connectivity index (χ4n) is 1.49. The summed E-state index contributed by atoms with van der Waals surface area (Å²) in [5, 5.41) is 2.69. The molecule has 1 heterocycles. The van der Waals surface area contributed by atoms with Gasteiger partial charge >= 0.3 is 12.1 Å². The third-order valence-corrected chi connectivity index (χ3v) is 2.19. The first kappa shape index (κ1) is 12.8. The van der Waals surface area contributed by atoms with Crippen molar-refractivity contribution in [1.29, 1.82) is 0 Å². The molecular formula is C11H19NO4. The molecule has 1 fully saturated rings. The maximum atomic E-state index is 11.4. The van der Waals surface area contributed by atoms with Crippen LogP contribution in [0.5, 0.6) is 0 Å². The summed E-state index contributed by atoms with van der Waals surface area (Å²) in [7, 11) is 0. The molecule has 0 aromatic carbocycles. The molecule has 2 atom stereocenters. The van der Waals surface area contributed by atoms with Crippen LogP contribution in [0, 0.1) is 5.92 Å². The Labute approximate surface area is 95.5 Å². The lowest BCUT2D eigenvalue weighted by atomic mass is 10.0. The Morgan fingerprint density at radius 2 is 2.12 bits per heavy atom. The first-order valence-electron chi connectivity index (χ1n) is 5.44. The zero-order valence-corrected chi connectivity index (χ0v) is 10.2. The van der Waals surface area contributed by atoms with Crippen LogP contribution < -0.4 is 5.32 Å². The number of nitrogens with one attached hydrogen (secondary N) is 1. The molecule has 0 aromatic heterocycles. The Morgan fingerprint density at radius 3 is 2.62 bits per heavy atom. The fraction of sp³-hybridized carbons (Fsp3) is 0.818. The molecule has 0 saturated carbocycles. The van der Waals surface area contributed by atoms with Crippen LogP contribution in [-0.4, -0.2) is 30.3 Å². The monoisotopic (exact) mass is 229 g/mol. The van der Waals surface area contributed by atoms with Gasteiger partial charge in [-0.1, -0.05) is 6.92 Å². The quantitative estimate of drug-likeness (QED) is 0.691. The molecule has 0 spiro atoms. The number of ether oxygens (including phenoxy) is 2. The SMILES string of the molecule is C[C@H]1C[C@@H](NC(=O)OC(C)(C)C)COC1=O. The van der Waals surface area contributed by atoms with Crippen LogP contribution in [0.25, 0.3) is 0 Å². The molecule has 5 heteroatoms. The Morgan fingerprint density at radius 1 is 1.50 bits per heavy atom. The lowest BCUT2D eigenvalue weighted by Gasteiger charge is -2.28. The van der Waals surface area contributed by atoms with Gasteiger partial charge in [-0.05, 0) is 27.2 Å². The van der Waals surface area contributed by atoms with E-state index in [2.05, 4.69) is 5.32 Å². The molecule has 0 radical (unpaired) electrons. The van der Waals surface area contributed by atoms with Crippen molar-refractivity contribution >= 4 is 12.1 Å². The van der Waals surface area contributed by atoms with Crippen LogP contribution >= 0.6 is 0 Å². The van der Waals surface area contributed by atoms with Crippen LogP contribution in [0.15, 0.2) is 0 Å². The van der Waals surface area contributed by atoms with Crippen molar-refractivity contribution in [2.24, 2.45) is 5.92 Å². The summed E-state index contributed by atoms with van der Waals surface area (Å²) in [6.45, 7) is 7.41. The fourth-order valence-corrected chi connectivity index (χ4v) is 1.49. The van der Waals surface area contributed by atoms with Gasteiger partial charge in [0.25, 0.3) is 0 Å². The van der Waals surface area contributed by atoms with Gasteiger partial charge in [-0.15, -0.1) is 0 Å². The predicted molar refractivity (Wildman–Crippen MR) is 57.9 cm³/mol. The number of esters is 1. The molecule has 1 aliphatic heterocycles. The van der Waals surface area contributed by atoms with E-state index in [1.54, 1.807) is 27.7 Å². The Bertz CT molecular complexity index is 282.